The van der Waals surface area contributed by atoms with Gasteiger partial charge in [0.15, 0.2) is 5.82 Å². The molecule has 1 fully saturated rings. The number of piperazine rings is 1. The Morgan fingerprint density at radius 1 is 1.50 bits per heavy atom. The molecule has 2 unspecified atom stereocenters. The lowest BCUT2D eigenvalue weighted by atomic mass is 10.2. The number of hydrogen-bond acceptors (Lipinski definition) is 7. The van der Waals surface area contributed by atoms with Crippen LogP contribution in [0.4, 0.5) is 10.1 Å². The Labute approximate surface area is 155 Å². The maximum atomic E-state index is 12.9. The number of carbonyl (C=O) groups excluding carboxylic acids is 1. The monoisotopic (exact) mass is 379 g/mol. The minimum absolute atomic E-state index is 0.0974. The third-order valence-electron chi connectivity index (χ3n) is 4.21. The summed E-state index contributed by atoms with van der Waals surface area (Å²) in [5.74, 6) is 0.916. The van der Waals surface area contributed by atoms with Crippen molar-refractivity contribution < 1.29 is 13.7 Å². The van der Waals surface area contributed by atoms with E-state index < -0.39 is 0 Å². The number of anilines is 1. The van der Waals surface area contributed by atoms with Crippen molar-refractivity contribution in [3.05, 3.63) is 41.8 Å². The molecule has 3 rings (SSSR count). The van der Waals surface area contributed by atoms with Crippen molar-refractivity contribution in [2.24, 2.45) is 0 Å². The largest absolute Gasteiger partial charge is 0.338 e. The van der Waals surface area contributed by atoms with E-state index in [0.29, 0.717) is 17.4 Å². The molecule has 2 atom stereocenters. The van der Waals surface area contributed by atoms with Crippen LogP contribution in [0.25, 0.3) is 0 Å². The van der Waals surface area contributed by atoms with E-state index in [1.54, 1.807) is 0 Å². The normalized spacial score (nSPS) is 19.3. The van der Waals surface area contributed by atoms with Crippen molar-refractivity contribution >= 4 is 23.4 Å². The van der Waals surface area contributed by atoms with Gasteiger partial charge in [-0.25, -0.2) is 4.39 Å². The predicted octanol–water partition coefficient (Wildman–Crippen LogP) is 2.22. The molecule has 1 saturated heterocycles. The average molecular weight is 379 g/mol. The van der Waals surface area contributed by atoms with E-state index in [-0.39, 0.29) is 28.8 Å². The summed E-state index contributed by atoms with van der Waals surface area (Å²) in [5.41, 5.74) is 0.567. The number of halogens is 1. The van der Waals surface area contributed by atoms with E-state index in [9.17, 15) is 9.18 Å². The maximum absolute atomic E-state index is 12.9. The summed E-state index contributed by atoms with van der Waals surface area (Å²) >= 11 is 1.41. The highest BCUT2D eigenvalue weighted by Crippen LogP contribution is 2.28. The van der Waals surface area contributed by atoms with Crippen LogP contribution in [0, 0.1) is 5.82 Å². The lowest BCUT2D eigenvalue weighted by Crippen LogP contribution is -2.44. The molecule has 1 amide bonds. The van der Waals surface area contributed by atoms with Crippen LogP contribution in [0.3, 0.4) is 0 Å². The number of thioether (sulfide) groups is 1. The van der Waals surface area contributed by atoms with Crippen LogP contribution in [0.2, 0.25) is 0 Å². The Kier molecular flexibility index (Phi) is 6.23. The smallest absolute Gasteiger partial charge is 0.239 e. The van der Waals surface area contributed by atoms with Crippen molar-refractivity contribution in [1.82, 2.24) is 20.4 Å². The number of benzene rings is 1. The Hall–Kier alpha value is -1.97. The van der Waals surface area contributed by atoms with E-state index in [2.05, 4.69) is 25.7 Å². The van der Waals surface area contributed by atoms with Gasteiger partial charge in [-0.1, -0.05) is 5.16 Å². The minimum Gasteiger partial charge on any atom is -0.338 e. The minimum atomic E-state index is -0.336. The first-order valence-corrected chi connectivity index (χ1v) is 9.49. The average Bonchev–Trinajstić information content (AvgIpc) is 3.12. The Balaban J connectivity index is 1.51. The van der Waals surface area contributed by atoms with Crippen LogP contribution in [-0.2, 0) is 4.79 Å². The molecule has 9 heteroatoms. The van der Waals surface area contributed by atoms with Gasteiger partial charge in [-0.2, -0.15) is 4.98 Å². The van der Waals surface area contributed by atoms with Gasteiger partial charge in [0.05, 0.1) is 17.0 Å². The molecule has 0 saturated carbocycles. The first kappa shape index (κ1) is 18.8. The lowest BCUT2D eigenvalue weighted by molar-refractivity contribution is -0.113. The zero-order chi connectivity index (χ0) is 18.5. The summed E-state index contributed by atoms with van der Waals surface area (Å²) in [7, 11) is 2.04. The second kappa shape index (κ2) is 8.61. The van der Waals surface area contributed by atoms with Gasteiger partial charge in [0.25, 0.3) is 0 Å². The first-order chi connectivity index (χ1) is 12.5. The number of likely N-dealkylation sites (N-methyl/N-ethyl adjacent to an activating group) is 1. The summed E-state index contributed by atoms with van der Waals surface area (Å²) in [6, 6.07) is 5.77. The molecule has 26 heavy (non-hydrogen) atoms. The van der Waals surface area contributed by atoms with Crippen molar-refractivity contribution in [1.29, 1.82) is 0 Å². The summed E-state index contributed by atoms with van der Waals surface area (Å²) in [6.07, 6.45) is 0. The number of aromatic nitrogens is 2. The zero-order valence-corrected chi connectivity index (χ0v) is 15.6. The molecule has 0 radical (unpaired) electrons. The molecule has 0 spiro atoms. The second-order valence-corrected chi connectivity index (χ2v) is 7.53. The highest BCUT2D eigenvalue weighted by atomic mass is 32.2. The highest BCUT2D eigenvalue weighted by Gasteiger charge is 2.26. The van der Waals surface area contributed by atoms with Crippen LogP contribution in [0.1, 0.15) is 29.9 Å². The second-order valence-electron chi connectivity index (χ2n) is 6.20. The van der Waals surface area contributed by atoms with Gasteiger partial charge in [0, 0.05) is 25.3 Å². The lowest BCUT2D eigenvalue weighted by Gasteiger charge is -2.30. The molecule has 1 aromatic carbocycles. The topological polar surface area (TPSA) is 83.3 Å². The third-order valence-corrected chi connectivity index (χ3v) is 5.34. The molecule has 0 aliphatic carbocycles. The van der Waals surface area contributed by atoms with Gasteiger partial charge in [-0.3, -0.25) is 9.69 Å². The van der Waals surface area contributed by atoms with Gasteiger partial charge < -0.3 is 15.2 Å². The zero-order valence-electron chi connectivity index (χ0n) is 14.7. The fourth-order valence-corrected chi connectivity index (χ4v) is 3.36. The van der Waals surface area contributed by atoms with Gasteiger partial charge in [-0.15, -0.1) is 11.8 Å². The van der Waals surface area contributed by atoms with Crippen LogP contribution in [0.5, 0.6) is 0 Å². The molecule has 1 aliphatic heterocycles. The maximum Gasteiger partial charge on any atom is 0.239 e. The molecule has 2 aromatic rings. The van der Waals surface area contributed by atoms with Gasteiger partial charge in [0.1, 0.15) is 5.82 Å². The van der Waals surface area contributed by atoms with Gasteiger partial charge >= 0.3 is 0 Å². The van der Waals surface area contributed by atoms with E-state index in [1.807, 2.05) is 14.0 Å². The van der Waals surface area contributed by atoms with Crippen LogP contribution in [0.15, 0.2) is 28.8 Å². The van der Waals surface area contributed by atoms with E-state index in [0.717, 1.165) is 19.6 Å². The Morgan fingerprint density at radius 3 is 3.00 bits per heavy atom. The molecule has 2 N–H and O–H groups in total. The van der Waals surface area contributed by atoms with Gasteiger partial charge in [-0.05, 0) is 38.2 Å². The molecule has 7 nitrogen and oxygen atoms in total. The van der Waals surface area contributed by atoms with E-state index in [4.69, 9.17) is 4.52 Å². The Bertz CT molecular complexity index is 739. The van der Waals surface area contributed by atoms with Gasteiger partial charge in [0.2, 0.25) is 11.8 Å². The summed E-state index contributed by atoms with van der Waals surface area (Å²) in [4.78, 5) is 18.7. The SMILES string of the molecule is CC(SCC(=O)Nc1ccc(F)cc1)c1nc(C2CNCCN2C)no1. The molecule has 2 heterocycles. The van der Waals surface area contributed by atoms with E-state index in [1.165, 1.54) is 36.0 Å². The third kappa shape index (κ3) is 4.80. The number of amides is 1. The molecule has 0 bridgehead atoms. The number of hydrogen-bond donors (Lipinski definition) is 2. The molecular formula is C17H22FN5O2S. The number of carbonyl (C=O) groups is 1. The number of nitrogens with zero attached hydrogens (tertiary/aromatic N) is 3. The number of nitrogens with one attached hydrogen (secondary N) is 2. The highest BCUT2D eigenvalue weighted by molar-refractivity contribution is 8.00. The fraction of sp³-hybridized carbons (Fsp3) is 0.471. The summed E-state index contributed by atoms with van der Waals surface area (Å²) < 4.78 is 18.3. The Morgan fingerprint density at radius 2 is 2.27 bits per heavy atom. The fourth-order valence-electron chi connectivity index (χ4n) is 2.64. The van der Waals surface area contributed by atoms with E-state index >= 15 is 0 Å². The summed E-state index contributed by atoms with van der Waals surface area (Å²) in [5, 5.41) is 10.1. The van der Waals surface area contributed by atoms with Crippen molar-refractivity contribution in [3.8, 4) is 0 Å². The standard InChI is InChI=1S/C17H22FN5O2S/c1-11(26-10-15(24)20-13-5-3-12(18)4-6-13)17-21-16(22-25-17)14-9-19-7-8-23(14)2/h3-6,11,14,19H,7-10H2,1-2H3,(H,20,24). The van der Waals surface area contributed by atoms with Crippen molar-refractivity contribution in [2.75, 3.05) is 37.8 Å². The molecule has 1 aliphatic rings. The van der Waals surface area contributed by atoms with Crippen LogP contribution in [-0.4, -0.2) is 53.4 Å². The van der Waals surface area contributed by atoms with Crippen LogP contribution >= 0.6 is 11.8 Å². The molecule has 1 aromatic heterocycles. The van der Waals surface area contributed by atoms with Crippen LogP contribution < -0.4 is 10.6 Å². The summed E-state index contributed by atoms with van der Waals surface area (Å²) in [6.45, 7) is 4.60. The first-order valence-electron chi connectivity index (χ1n) is 8.44. The van der Waals surface area contributed by atoms with Crippen molar-refractivity contribution in [2.45, 2.75) is 18.2 Å². The quantitative estimate of drug-likeness (QED) is 0.796. The molecular weight excluding hydrogens is 357 g/mol. The molecule has 140 valence electrons. The van der Waals surface area contributed by atoms with Crippen molar-refractivity contribution in [3.63, 3.8) is 0 Å². The number of rotatable bonds is 6. The predicted molar refractivity (Wildman–Crippen MR) is 98.4 cm³/mol.